The molecule has 6 nitrogen and oxygen atoms in total. The predicted octanol–water partition coefficient (Wildman–Crippen LogP) is 3.72. The quantitative estimate of drug-likeness (QED) is 0.810. The Morgan fingerprint density at radius 2 is 1.88 bits per heavy atom. The van der Waals surface area contributed by atoms with Crippen molar-refractivity contribution in [2.45, 2.75) is 0 Å². The average Bonchev–Trinajstić information content (AvgIpc) is 2.53. The van der Waals surface area contributed by atoms with Crippen molar-refractivity contribution < 1.29 is 24.2 Å². The molecule has 0 aliphatic carbocycles. The van der Waals surface area contributed by atoms with Crippen LogP contribution in [-0.4, -0.2) is 30.7 Å². The number of ether oxygens (including phenoxy) is 2. The monoisotopic (exact) mass is 369 g/mol. The van der Waals surface area contributed by atoms with Crippen molar-refractivity contribution in [1.29, 1.82) is 0 Å². The number of carbonyl (C=O) groups is 2. The zero-order chi connectivity index (χ0) is 17.7. The smallest absolute Gasteiger partial charge is 0.335 e. The molecule has 0 radical (unpaired) electrons. The van der Waals surface area contributed by atoms with E-state index in [2.05, 4.69) is 5.32 Å². The third-order valence-electron chi connectivity index (χ3n) is 2.96. The molecule has 2 aromatic rings. The van der Waals surface area contributed by atoms with Gasteiger partial charge in [0.15, 0.2) is 12.4 Å². The summed E-state index contributed by atoms with van der Waals surface area (Å²) in [4.78, 5) is 23.1. The summed E-state index contributed by atoms with van der Waals surface area (Å²) in [7, 11) is 1.36. The van der Waals surface area contributed by atoms with Crippen LogP contribution in [-0.2, 0) is 4.79 Å². The second-order valence-corrected chi connectivity index (χ2v) is 5.43. The number of carboxylic acid groups (broad SMARTS) is 1. The van der Waals surface area contributed by atoms with E-state index in [4.69, 9.17) is 37.8 Å². The maximum absolute atomic E-state index is 12.0. The van der Waals surface area contributed by atoms with Crippen molar-refractivity contribution in [2.75, 3.05) is 19.0 Å². The molecule has 0 saturated heterocycles. The van der Waals surface area contributed by atoms with E-state index in [1.54, 1.807) is 24.3 Å². The Morgan fingerprint density at radius 1 is 1.17 bits per heavy atom. The molecular weight excluding hydrogens is 357 g/mol. The fraction of sp³-hybridized carbons (Fsp3) is 0.125. The molecule has 0 saturated carbocycles. The van der Waals surface area contributed by atoms with Crippen LogP contribution in [0.25, 0.3) is 0 Å². The van der Waals surface area contributed by atoms with Gasteiger partial charge in [-0.25, -0.2) is 4.79 Å². The molecule has 0 spiro atoms. The number of nitrogens with one attached hydrogen (secondary N) is 1. The number of carbonyl (C=O) groups excluding carboxylic acids is 1. The van der Waals surface area contributed by atoms with E-state index >= 15 is 0 Å². The van der Waals surface area contributed by atoms with Gasteiger partial charge in [-0.1, -0.05) is 35.3 Å². The molecule has 1 amide bonds. The standard InChI is InChI=1S/C16H13Cl2NO5/c1-23-15-11(18)6-9(16(21)22)7-12(15)19-14(20)8-24-13-5-3-2-4-10(13)17/h2-7H,8H2,1H3,(H,19,20)(H,21,22). The van der Waals surface area contributed by atoms with Gasteiger partial charge in [0.25, 0.3) is 5.91 Å². The Bertz CT molecular complexity index is 779. The minimum absolute atomic E-state index is 0.0692. The summed E-state index contributed by atoms with van der Waals surface area (Å²) < 4.78 is 10.4. The molecule has 2 N–H and O–H groups in total. The SMILES string of the molecule is COc1c(Cl)cc(C(=O)O)cc1NC(=O)COc1ccccc1Cl. The Labute approximate surface area is 147 Å². The number of amides is 1. The number of benzene rings is 2. The number of hydrogen-bond donors (Lipinski definition) is 2. The van der Waals surface area contributed by atoms with E-state index in [-0.39, 0.29) is 28.6 Å². The first kappa shape index (κ1) is 17.9. The molecule has 24 heavy (non-hydrogen) atoms. The number of methoxy groups -OCH3 is 1. The Kier molecular flexibility index (Phi) is 5.89. The van der Waals surface area contributed by atoms with Crippen molar-refractivity contribution in [3.8, 4) is 11.5 Å². The Balaban J connectivity index is 2.13. The third-order valence-corrected chi connectivity index (χ3v) is 3.56. The topological polar surface area (TPSA) is 84.9 Å². The zero-order valence-corrected chi connectivity index (χ0v) is 14.0. The van der Waals surface area contributed by atoms with Gasteiger partial charge in [0.05, 0.1) is 28.4 Å². The first-order valence-corrected chi connectivity index (χ1v) is 7.46. The Morgan fingerprint density at radius 3 is 2.50 bits per heavy atom. The number of carboxylic acids is 1. The highest BCUT2D eigenvalue weighted by molar-refractivity contribution is 6.33. The van der Waals surface area contributed by atoms with Crippen LogP contribution in [0.15, 0.2) is 36.4 Å². The highest BCUT2D eigenvalue weighted by Crippen LogP contribution is 2.34. The maximum Gasteiger partial charge on any atom is 0.335 e. The number of para-hydroxylation sites is 1. The largest absolute Gasteiger partial charge is 0.493 e. The van der Waals surface area contributed by atoms with Gasteiger partial charge in [0.1, 0.15) is 5.75 Å². The summed E-state index contributed by atoms with van der Waals surface area (Å²) in [5, 5.41) is 12.0. The molecule has 0 fully saturated rings. The summed E-state index contributed by atoms with van der Waals surface area (Å²) in [6, 6.07) is 9.20. The minimum Gasteiger partial charge on any atom is -0.493 e. The molecule has 2 rings (SSSR count). The molecule has 0 atom stereocenters. The predicted molar refractivity (Wildman–Crippen MR) is 90.5 cm³/mol. The Hall–Kier alpha value is -2.44. The highest BCUT2D eigenvalue weighted by atomic mass is 35.5. The number of hydrogen-bond acceptors (Lipinski definition) is 4. The highest BCUT2D eigenvalue weighted by Gasteiger charge is 2.16. The van der Waals surface area contributed by atoms with E-state index in [1.807, 2.05) is 0 Å². The first-order chi connectivity index (χ1) is 11.4. The van der Waals surface area contributed by atoms with Crippen LogP contribution in [0.4, 0.5) is 5.69 Å². The van der Waals surface area contributed by atoms with Crippen molar-refractivity contribution >= 4 is 40.8 Å². The molecular formula is C16H13Cl2NO5. The van der Waals surface area contributed by atoms with Gasteiger partial charge in [0.2, 0.25) is 0 Å². The second-order valence-electron chi connectivity index (χ2n) is 4.61. The van der Waals surface area contributed by atoms with Gasteiger partial charge in [-0.05, 0) is 24.3 Å². The summed E-state index contributed by atoms with van der Waals surface area (Å²) in [5.41, 5.74) is 0.0540. The number of halogens is 2. The summed E-state index contributed by atoms with van der Waals surface area (Å²) >= 11 is 11.9. The summed E-state index contributed by atoms with van der Waals surface area (Å²) in [5.74, 6) is -1.18. The lowest BCUT2D eigenvalue weighted by Crippen LogP contribution is -2.21. The molecule has 0 aromatic heterocycles. The van der Waals surface area contributed by atoms with Gasteiger partial charge in [-0.15, -0.1) is 0 Å². The van der Waals surface area contributed by atoms with Gasteiger partial charge in [-0.2, -0.15) is 0 Å². The van der Waals surface area contributed by atoms with Crippen LogP contribution in [0.3, 0.4) is 0 Å². The number of aromatic carboxylic acids is 1. The lowest BCUT2D eigenvalue weighted by atomic mass is 10.2. The molecule has 0 aliphatic rings. The van der Waals surface area contributed by atoms with E-state index in [9.17, 15) is 9.59 Å². The molecule has 0 bridgehead atoms. The first-order valence-electron chi connectivity index (χ1n) is 6.70. The fourth-order valence-corrected chi connectivity index (χ4v) is 2.40. The maximum atomic E-state index is 12.0. The normalized spacial score (nSPS) is 10.1. The van der Waals surface area contributed by atoms with Gasteiger partial charge < -0.3 is 19.9 Å². The van der Waals surface area contributed by atoms with E-state index in [0.717, 1.165) is 0 Å². The number of anilines is 1. The third kappa shape index (κ3) is 4.31. The molecule has 126 valence electrons. The summed E-state index contributed by atoms with van der Waals surface area (Å²) in [6.07, 6.45) is 0. The van der Waals surface area contributed by atoms with E-state index < -0.39 is 11.9 Å². The van der Waals surface area contributed by atoms with E-state index in [0.29, 0.717) is 10.8 Å². The molecule has 0 unspecified atom stereocenters. The van der Waals surface area contributed by atoms with Crippen LogP contribution in [0.1, 0.15) is 10.4 Å². The molecule has 0 heterocycles. The van der Waals surface area contributed by atoms with Gasteiger partial charge >= 0.3 is 5.97 Å². The van der Waals surface area contributed by atoms with Crippen LogP contribution in [0.2, 0.25) is 10.0 Å². The van der Waals surface area contributed by atoms with Crippen LogP contribution < -0.4 is 14.8 Å². The fourth-order valence-electron chi connectivity index (χ4n) is 1.91. The van der Waals surface area contributed by atoms with E-state index in [1.165, 1.54) is 19.2 Å². The molecule has 8 heteroatoms. The minimum atomic E-state index is -1.18. The summed E-state index contributed by atoms with van der Waals surface area (Å²) in [6.45, 7) is -0.318. The number of rotatable bonds is 6. The van der Waals surface area contributed by atoms with Crippen molar-refractivity contribution in [1.82, 2.24) is 0 Å². The molecule has 2 aromatic carbocycles. The molecule has 0 aliphatic heterocycles. The lowest BCUT2D eigenvalue weighted by Gasteiger charge is -2.13. The van der Waals surface area contributed by atoms with Crippen molar-refractivity contribution in [3.63, 3.8) is 0 Å². The second kappa shape index (κ2) is 7.90. The lowest BCUT2D eigenvalue weighted by molar-refractivity contribution is -0.118. The van der Waals surface area contributed by atoms with Crippen LogP contribution in [0.5, 0.6) is 11.5 Å². The van der Waals surface area contributed by atoms with Gasteiger partial charge in [0, 0.05) is 0 Å². The van der Waals surface area contributed by atoms with Crippen molar-refractivity contribution in [2.24, 2.45) is 0 Å². The van der Waals surface area contributed by atoms with Crippen LogP contribution in [0, 0.1) is 0 Å². The van der Waals surface area contributed by atoms with Crippen LogP contribution >= 0.6 is 23.2 Å². The zero-order valence-electron chi connectivity index (χ0n) is 12.5. The van der Waals surface area contributed by atoms with Gasteiger partial charge in [-0.3, -0.25) is 4.79 Å². The van der Waals surface area contributed by atoms with Crippen molar-refractivity contribution in [3.05, 3.63) is 52.0 Å². The average molecular weight is 370 g/mol.